The molecule has 1 saturated carbocycles. The van der Waals surface area contributed by atoms with Gasteiger partial charge >= 0.3 is 0 Å². The zero-order chi connectivity index (χ0) is 21.4. The van der Waals surface area contributed by atoms with Gasteiger partial charge in [0.15, 0.2) is 5.96 Å². The number of carbonyl (C=O) groups is 1. The molecule has 1 aliphatic rings. The lowest BCUT2D eigenvalue weighted by Gasteiger charge is -2.16. The molecule has 0 atom stereocenters. The number of hydrogen-bond donors (Lipinski definition) is 2. The highest BCUT2D eigenvalue weighted by molar-refractivity contribution is 8.01. The zero-order valence-electron chi connectivity index (χ0n) is 18.1. The van der Waals surface area contributed by atoms with Crippen LogP contribution in [0.15, 0.2) is 64.5 Å². The van der Waals surface area contributed by atoms with Gasteiger partial charge in [0.25, 0.3) is 5.91 Å². The minimum absolute atomic E-state index is 0.0327. The smallest absolute Gasteiger partial charge is 0.253 e. The summed E-state index contributed by atoms with van der Waals surface area (Å²) in [5.74, 6) is 0.892. The van der Waals surface area contributed by atoms with E-state index in [-0.39, 0.29) is 10.7 Å². The molecule has 5 nitrogen and oxygen atoms in total. The van der Waals surface area contributed by atoms with E-state index >= 15 is 0 Å². The first-order valence-electron chi connectivity index (χ1n) is 10.6. The van der Waals surface area contributed by atoms with Crippen molar-refractivity contribution in [2.75, 3.05) is 33.7 Å². The zero-order valence-corrected chi connectivity index (χ0v) is 19.0. The van der Waals surface area contributed by atoms with Gasteiger partial charge in [-0.15, -0.1) is 11.8 Å². The second kappa shape index (κ2) is 10.5. The van der Waals surface area contributed by atoms with Crippen LogP contribution in [0.1, 0.15) is 35.7 Å². The Morgan fingerprint density at radius 3 is 2.53 bits per heavy atom. The molecule has 3 rings (SSSR count). The van der Waals surface area contributed by atoms with Crippen molar-refractivity contribution in [3.8, 4) is 0 Å². The average molecular weight is 425 g/mol. The molecule has 0 aromatic heterocycles. The van der Waals surface area contributed by atoms with Crippen molar-refractivity contribution in [2.24, 2.45) is 4.99 Å². The summed E-state index contributed by atoms with van der Waals surface area (Å²) < 4.78 is 0.241. The van der Waals surface area contributed by atoms with Gasteiger partial charge in [-0.2, -0.15) is 0 Å². The molecule has 1 amide bonds. The van der Waals surface area contributed by atoms with E-state index in [9.17, 15) is 4.79 Å². The van der Waals surface area contributed by atoms with E-state index in [0.717, 1.165) is 43.1 Å². The molecular weight excluding hydrogens is 392 g/mol. The largest absolute Gasteiger partial charge is 0.357 e. The van der Waals surface area contributed by atoms with Crippen LogP contribution in [0.2, 0.25) is 0 Å². The summed E-state index contributed by atoms with van der Waals surface area (Å²) in [5.41, 5.74) is 1.87. The molecule has 0 heterocycles. The van der Waals surface area contributed by atoms with E-state index in [1.54, 1.807) is 19.0 Å². The van der Waals surface area contributed by atoms with Crippen LogP contribution < -0.4 is 10.6 Å². The van der Waals surface area contributed by atoms with Gasteiger partial charge in [-0.3, -0.25) is 9.79 Å². The monoisotopic (exact) mass is 424 g/mol. The molecule has 30 heavy (non-hydrogen) atoms. The van der Waals surface area contributed by atoms with E-state index in [1.807, 2.05) is 30.0 Å². The number of guanidine groups is 1. The molecule has 0 saturated heterocycles. The molecule has 1 aliphatic carbocycles. The number of amides is 1. The van der Waals surface area contributed by atoms with Gasteiger partial charge in [0, 0.05) is 42.4 Å². The Hall–Kier alpha value is -2.47. The van der Waals surface area contributed by atoms with Crippen LogP contribution in [0.4, 0.5) is 0 Å². The number of nitrogens with one attached hydrogen (secondary N) is 2. The fraction of sp³-hybridized carbons (Fsp3) is 0.417. The van der Waals surface area contributed by atoms with Crippen molar-refractivity contribution in [3.05, 3.63) is 65.7 Å². The molecule has 160 valence electrons. The first kappa shape index (κ1) is 22.2. The average Bonchev–Trinajstić information content (AvgIpc) is 3.52. The summed E-state index contributed by atoms with van der Waals surface area (Å²) in [5, 5.41) is 6.79. The summed E-state index contributed by atoms with van der Waals surface area (Å²) in [6.07, 6.45) is 3.26. The van der Waals surface area contributed by atoms with Crippen molar-refractivity contribution < 1.29 is 4.79 Å². The van der Waals surface area contributed by atoms with Crippen molar-refractivity contribution in [2.45, 2.75) is 35.8 Å². The predicted molar refractivity (Wildman–Crippen MR) is 126 cm³/mol. The van der Waals surface area contributed by atoms with Crippen LogP contribution in [-0.4, -0.2) is 55.2 Å². The number of hydrogen-bond acceptors (Lipinski definition) is 3. The molecule has 0 spiro atoms. The number of thioether (sulfide) groups is 1. The normalized spacial score (nSPS) is 14.8. The molecule has 6 heteroatoms. The second-order valence-electron chi connectivity index (χ2n) is 7.87. The summed E-state index contributed by atoms with van der Waals surface area (Å²) in [7, 11) is 3.55. The van der Waals surface area contributed by atoms with Crippen molar-refractivity contribution in [1.82, 2.24) is 15.5 Å². The SMILES string of the molecule is CCNC(=NCC1(Sc2ccccc2)CC1)NCCc1cccc(C(=O)N(C)C)c1. The van der Waals surface area contributed by atoms with E-state index in [4.69, 9.17) is 4.99 Å². The van der Waals surface area contributed by atoms with Crippen LogP contribution in [0, 0.1) is 0 Å². The van der Waals surface area contributed by atoms with Crippen molar-refractivity contribution in [3.63, 3.8) is 0 Å². The minimum atomic E-state index is 0.0327. The Morgan fingerprint density at radius 1 is 1.10 bits per heavy atom. The van der Waals surface area contributed by atoms with Gasteiger partial charge in [-0.1, -0.05) is 30.3 Å². The summed E-state index contributed by atoms with van der Waals surface area (Å²) in [6.45, 7) is 4.50. The topological polar surface area (TPSA) is 56.7 Å². The Morgan fingerprint density at radius 2 is 1.87 bits per heavy atom. The first-order chi connectivity index (χ1) is 14.5. The van der Waals surface area contributed by atoms with E-state index in [2.05, 4.69) is 54.0 Å². The second-order valence-corrected chi connectivity index (χ2v) is 9.41. The summed E-state index contributed by atoms with van der Waals surface area (Å²) in [6, 6.07) is 18.4. The summed E-state index contributed by atoms with van der Waals surface area (Å²) >= 11 is 1.95. The van der Waals surface area contributed by atoms with Crippen LogP contribution in [-0.2, 0) is 6.42 Å². The number of carbonyl (C=O) groups excluding carboxylic acids is 1. The van der Waals surface area contributed by atoms with Crippen molar-refractivity contribution in [1.29, 1.82) is 0 Å². The Balaban J connectivity index is 1.53. The number of benzene rings is 2. The molecular formula is C24H32N4OS. The van der Waals surface area contributed by atoms with Crippen LogP contribution in [0.25, 0.3) is 0 Å². The van der Waals surface area contributed by atoms with Gasteiger partial charge in [0.05, 0.1) is 6.54 Å². The van der Waals surface area contributed by atoms with Crippen molar-refractivity contribution >= 4 is 23.6 Å². The lowest BCUT2D eigenvalue weighted by molar-refractivity contribution is 0.0827. The fourth-order valence-corrected chi connectivity index (χ4v) is 4.41. The van der Waals surface area contributed by atoms with Gasteiger partial charge in [-0.25, -0.2) is 0 Å². The molecule has 2 N–H and O–H groups in total. The highest BCUT2D eigenvalue weighted by atomic mass is 32.2. The maximum absolute atomic E-state index is 12.2. The summed E-state index contributed by atoms with van der Waals surface area (Å²) in [4.78, 5) is 19.9. The van der Waals surface area contributed by atoms with E-state index < -0.39 is 0 Å². The lowest BCUT2D eigenvalue weighted by Crippen LogP contribution is -2.39. The van der Waals surface area contributed by atoms with Crippen LogP contribution in [0.5, 0.6) is 0 Å². The third-order valence-electron chi connectivity index (χ3n) is 5.04. The van der Waals surface area contributed by atoms with E-state index in [0.29, 0.717) is 0 Å². The third-order valence-corrected chi connectivity index (χ3v) is 6.52. The predicted octanol–water partition coefficient (Wildman–Crippen LogP) is 3.81. The lowest BCUT2D eigenvalue weighted by atomic mass is 10.1. The van der Waals surface area contributed by atoms with Gasteiger partial charge in [-0.05, 0) is 56.0 Å². The number of aliphatic imine (C=N–C) groups is 1. The number of nitrogens with zero attached hydrogens (tertiary/aromatic N) is 2. The van der Waals surface area contributed by atoms with Crippen LogP contribution >= 0.6 is 11.8 Å². The molecule has 0 bridgehead atoms. The van der Waals surface area contributed by atoms with E-state index in [1.165, 1.54) is 17.7 Å². The Bertz CT molecular complexity index is 863. The highest BCUT2D eigenvalue weighted by Gasteiger charge is 2.43. The van der Waals surface area contributed by atoms with Gasteiger partial charge < -0.3 is 15.5 Å². The number of rotatable bonds is 9. The van der Waals surface area contributed by atoms with Crippen LogP contribution in [0.3, 0.4) is 0 Å². The maximum Gasteiger partial charge on any atom is 0.253 e. The quantitative estimate of drug-likeness (QED) is 0.475. The van der Waals surface area contributed by atoms with Gasteiger partial charge in [0.1, 0.15) is 0 Å². The molecule has 2 aromatic carbocycles. The third kappa shape index (κ3) is 6.52. The fourth-order valence-electron chi connectivity index (χ4n) is 3.18. The first-order valence-corrected chi connectivity index (χ1v) is 11.4. The molecule has 1 fully saturated rings. The minimum Gasteiger partial charge on any atom is -0.357 e. The molecule has 0 aliphatic heterocycles. The Labute approximate surface area is 184 Å². The molecule has 0 radical (unpaired) electrons. The van der Waals surface area contributed by atoms with Gasteiger partial charge in [0.2, 0.25) is 0 Å². The molecule has 0 unspecified atom stereocenters. The Kier molecular flexibility index (Phi) is 7.80. The maximum atomic E-state index is 12.2. The standard InChI is InChI=1S/C24H32N4OS/c1-4-25-23(27-18-24(14-15-24)30-21-11-6-5-7-12-21)26-16-13-19-9-8-10-20(17-19)22(29)28(2)3/h5-12,17H,4,13-16,18H2,1-3H3,(H2,25,26,27). The molecule has 2 aromatic rings. The highest BCUT2D eigenvalue weighted by Crippen LogP contribution is 2.51.